The van der Waals surface area contributed by atoms with E-state index in [0.29, 0.717) is 19.4 Å². The Bertz CT molecular complexity index is 924. The average Bonchev–Trinajstić information content (AvgIpc) is 3.18. The van der Waals surface area contributed by atoms with Gasteiger partial charge in [-0.25, -0.2) is 13.1 Å². The number of amides is 2. The maximum atomic E-state index is 13.5. The van der Waals surface area contributed by atoms with E-state index < -0.39 is 39.8 Å². The summed E-state index contributed by atoms with van der Waals surface area (Å²) in [7, 11) is -3.71. The van der Waals surface area contributed by atoms with Gasteiger partial charge < -0.3 is 10.6 Å². The van der Waals surface area contributed by atoms with Crippen LogP contribution in [0.4, 0.5) is 0 Å². The number of hydrogen-bond acceptors (Lipinski definition) is 4. The molecule has 2 amide bonds. The summed E-state index contributed by atoms with van der Waals surface area (Å²) in [6, 6.07) is 16.7. The zero-order valence-electron chi connectivity index (χ0n) is 16.2. The summed E-state index contributed by atoms with van der Waals surface area (Å²) in [4.78, 5) is 26.7. The molecule has 1 fully saturated rings. The van der Waals surface area contributed by atoms with E-state index in [0.717, 1.165) is 17.4 Å². The lowest BCUT2D eigenvalue weighted by molar-refractivity contribution is -0.138. The van der Waals surface area contributed by atoms with Gasteiger partial charge in [-0.2, -0.15) is 0 Å². The van der Waals surface area contributed by atoms with E-state index in [9.17, 15) is 18.0 Å². The first kappa shape index (κ1) is 21.0. The molecule has 0 aliphatic carbocycles. The predicted molar refractivity (Wildman–Crippen MR) is 110 cm³/mol. The molecule has 1 heterocycles. The number of benzene rings is 2. The molecule has 3 N–H and O–H groups in total. The standard InChI is InChI=1S/C21H25N3O4S/c1-29(27,28)23-19(21(26)24-14-8-13-17(24)20(22)25)18(15-9-4-2-5-10-15)16-11-6-3-7-12-16/h2-7,9-12,17-19,23H,8,13-14H2,1H3,(H2,22,25)/t17?,19-/m1/s1. The van der Waals surface area contributed by atoms with E-state index in [-0.39, 0.29) is 0 Å². The van der Waals surface area contributed by atoms with Crippen molar-refractivity contribution in [1.82, 2.24) is 9.62 Å². The number of carbonyl (C=O) groups excluding carboxylic acids is 2. The molecule has 0 saturated carbocycles. The Hall–Kier alpha value is -2.71. The van der Waals surface area contributed by atoms with E-state index in [1.165, 1.54) is 4.90 Å². The molecule has 29 heavy (non-hydrogen) atoms. The summed E-state index contributed by atoms with van der Waals surface area (Å²) in [5.74, 6) is -1.59. The van der Waals surface area contributed by atoms with Crippen molar-refractivity contribution in [2.45, 2.75) is 30.8 Å². The zero-order valence-corrected chi connectivity index (χ0v) is 17.0. The van der Waals surface area contributed by atoms with Gasteiger partial charge in [0.25, 0.3) is 0 Å². The van der Waals surface area contributed by atoms with E-state index in [2.05, 4.69) is 4.72 Å². The van der Waals surface area contributed by atoms with Crippen molar-refractivity contribution in [2.75, 3.05) is 12.8 Å². The van der Waals surface area contributed by atoms with Gasteiger partial charge in [-0.15, -0.1) is 0 Å². The fraction of sp³-hybridized carbons (Fsp3) is 0.333. The average molecular weight is 416 g/mol. The van der Waals surface area contributed by atoms with Crippen LogP contribution in [0.25, 0.3) is 0 Å². The fourth-order valence-corrected chi connectivity index (χ4v) is 4.59. The highest BCUT2D eigenvalue weighted by Crippen LogP contribution is 2.31. The summed E-state index contributed by atoms with van der Waals surface area (Å²) in [5, 5.41) is 0. The second-order valence-corrected chi connectivity index (χ2v) is 9.04. The normalized spacial score (nSPS) is 18.0. The van der Waals surface area contributed by atoms with E-state index in [1.807, 2.05) is 60.7 Å². The fourth-order valence-electron chi connectivity index (χ4n) is 3.89. The number of nitrogens with zero attached hydrogens (tertiary/aromatic N) is 1. The zero-order chi connectivity index (χ0) is 21.0. The Kier molecular flexibility index (Phi) is 6.34. The first-order chi connectivity index (χ1) is 13.8. The molecular weight excluding hydrogens is 390 g/mol. The largest absolute Gasteiger partial charge is 0.368 e. The third-order valence-electron chi connectivity index (χ3n) is 5.12. The van der Waals surface area contributed by atoms with Crippen molar-refractivity contribution < 1.29 is 18.0 Å². The molecule has 7 nitrogen and oxygen atoms in total. The van der Waals surface area contributed by atoms with Gasteiger partial charge in [0.05, 0.1) is 6.26 Å². The van der Waals surface area contributed by atoms with Crippen molar-refractivity contribution in [3.63, 3.8) is 0 Å². The molecule has 1 aliphatic rings. The molecule has 0 radical (unpaired) electrons. The Morgan fingerprint density at radius 2 is 1.55 bits per heavy atom. The molecule has 1 saturated heterocycles. The van der Waals surface area contributed by atoms with E-state index >= 15 is 0 Å². The minimum atomic E-state index is -3.71. The van der Waals surface area contributed by atoms with Crippen LogP contribution >= 0.6 is 0 Å². The number of nitrogens with two attached hydrogens (primary N) is 1. The highest BCUT2D eigenvalue weighted by Gasteiger charge is 2.41. The number of nitrogens with one attached hydrogen (secondary N) is 1. The highest BCUT2D eigenvalue weighted by atomic mass is 32.2. The van der Waals surface area contributed by atoms with Crippen molar-refractivity contribution in [2.24, 2.45) is 5.73 Å². The molecule has 0 aromatic heterocycles. The highest BCUT2D eigenvalue weighted by molar-refractivity contribution is 7.88. The second-order valence-electron chi connectivity index (χ2n) is 7.26. The Balaban J connectivity index is 2.09. The predicted octanol–water partition coefficient (Wildman–Crippen LogP) is 1.21. The molecule has 3 rings (SSSR count). The van der Waals surface area contributed by atoms with Crippen LogP contribution in [-0.2, 0) is 19.6 Å². The number of likely N-dealkylation sites (tertiary alicyclic amines) is 1. The van der Waals surface area contributed by atoms with Crippen LogP contribution < -0.4 is 10.5 Å². The molecule has 0 bridgehead atoms. The molecule has 154 valence electrons. The van der Waals surface area contributed by atoms with Gasteiger partial charge in [0.15, 0.2) is 0 Å². The van der Waals surface area contributed by atoms with Crippen LogP contribution in [-0.4, -0.2) is 50.0 Å². The molecule has 2 aromatic carbocycles. The summed E-state index contributed by atoms with van der Waals surface area (Å²) >= 11 is 0. The molecule has 8 heteroatoms. The maximum absolute atomic E-state index is 13.5. The maximum Gasteiger partial charge on any atom is 0.242 e. The third kappa shape index (κ3) is 5.02. The first-order valence-electron chi connectivity index (χ1n) is 9.45. The van der Waals surface area contributed by atoms with Crippen LogP contribution in [0.5, 0.6) is 0 Å². The molecule has 0 spiro atoms. The number of sulfonamides is 1. The quantitative estimate of drug-likeness (QED) is 0.708. The SMILES string of the molecule is CS(=O)(=O)N[C@@H](C(=O)N1CCCC1C(N)=O)C(c1ccccc1)c1ccccc1. The van der Waals surface area contributed by atoms with Gasteiger partial charge in [-0.05, 0) is 24.0 Å². The van der Waals surface area contributed by atoms with Crippen molar-refractivity contribution in [3.05, 3.63) is 71.8 Å². The van der Waals surface area contributed by atoms with Crippen LogP contribution in [0.2, 0.25) is 0 Å². The van der Waals surface area contributed by atoms with Gasteiger partial charge in [-0.3, -0.25) is 9.59 Å². The van der Waals surface area contributed by atoms with E-state index in [4.69, 9.17) is 5.73 Å². The van der Waals surface area contributed by atoms with Crippen LogP contribution in [0, 0.1) is 0 Å². The molecule has 1 unspecified atom stereocenters. The lowest BCUT2D eigenvalue weighted by Crippen LogP contribution is -2.54. The van der Waals surface area contributed by atoms with Crippen molar-refractivity contribution >= 4 is 21.8 Å². The molecule has 1 aliphatic heterocycles. The van der Waals surface area contributed by atoms with Crippen LogP contribution in [0.15, 0.2) is 60.7 Å². The molecule has 2 atom stereocenters. The van der Waals surface area contributed by atoms with Crippen molar-refractivity contribution in [3.8, 4) is 0 Å². The molecular formula is C21H25N3O4S. The van der Waals surface area contributed by atoms with Crippen LogP contribution in [0.1, 0.15) is 29.9 Å². The summed E-state index contributed by atoms with van der Waals surface area (Å²) in [6.45, 7) is 0.366. The topological polar surface area (TPSA) is 110 Å². The number of hydrogen-bond donors (Lipinski definition) is 2. The lowest BCUT2D eigenvalue weighted by atomic mass is 9.84. The Morgan fingerprint density at radius 1 is 1.03 bits per heavy atom. The summed E-state index contributed by atoms with van der Waals surface area (Å²) < 4.78 is 26.9. The van der Waals surface area contributed by atoms with Crippen molar-refractivity contribution in [1.29, 1.82) is 0 Å². The van der Waals surface area contributed by atoms with Gasteiger partial charge in [-0.1, -0.05) is 60.7 Å². The number of rotatable bonds is 7. The summed E-state index contributed by atoms with van der Waals surface area (Å²) in [5.41, 5.74) is 7.07. The number of primary amides is 1. The van der Waals surface area contributed by atoms with Crippen LogP contribution in [0.3, 0.4) is 0 Å². The van der Waals surface area contributed by atoms with Gasteiger partial charge in [0, 0.05) is 12.5 Å². The Morgan fingerprint density at radius 3 is 2.00 bits per heavy atom. The first-order valence-corrected chi connectivity index (χ1v) is 11.3. The monoisotopic (exact) mass is 415 g/mol. The Labute approximate surface area is 171 Å². The minimum Gasteiger partial charge on any atom is -0.368 e. The lowest BCUT2D eigenvalue weighted by Gasteiger charge is -2.32. The number of carbonyl (C=O) groups is 2. The molecule has 2 aromatic rings. The smallest absolute Gasteiger partial charge is 0.242 e. The van der Waals surface area contributed by atoms with Gasteiger partial charge >= 0.3 is 0 Å². The minimum absolute atomic E-state index is 0.366. The third-order valence-corrected chi connectivity index (χ3v) is 5.80. The second kappa shape index (κ2) is 8.75. The summed E-state index contributed by atoms with van der Waals surface area (Å²) in [6.07, 6.45) is 2.15. The van der Waals surface area contributed by atoms with E-state index in [1.54, 1.807) is 0 Å². The van der Waals surface area contributed by atoms with Gasteiger partial charge in [0.2, 0.25) is 21.8 Å². The van der Waals surface area contributed by atoms with Gasteiger partial charge in [0.1, 0.15) is 12.1 Å².